The molecule has 0 bridgehead atoms. The molecule has 1 fully saturated rings. The molecule has 0 aliphatic carbocycles. The SMILES string of the molecule is Cc1ccc(COc2ccc(/C=N\NC(=O)c3ccc(N4CCCC4)cc3)cc2I)cc1. The number of hydrogen-bond donors (Lipinski definition) is 1. The number of carbonyl (C=O) groups excluding carboxylic acids is 1. The summed E-state index contributed by atoms with van der Waals surface area (Å²) in [6.07, 6.45) is 4.11. The molecule has 0 aromatic heterocycles. The molecule has 0 spiro atoms. The highest BCUT2D eigenvalue weighted by Crippen LogP contribution is 2.23. The first kappa shape index (κ1) is 22.3. The van der Waals surface area contributed by atoms with Crippen LogP contribution < -0.4 is 15.1 Å². The van der Waals surface area contributed by atoms with Crippen LogP contribution in [0.15, 0.2) is 71.8 Å². The summed E-state index contributed by atoms with van der Waals surface area (Å²) in [6.45, 7) is 4.77. The molecule has 4 rings (SSSR count). The molecule has 1 aliphatic rings. The molecule has 5 nitrogen and oxygen atoms in total. The van der Waals surface area contributed by atoms with Crippen LogP contribution in [0.4, 0.5) is 5.69 Å². The highest BCUT2D eigenvalue weighted by Gasteiger charge is 2.13. The summed E-state index contributed by atoms with van der Waals surface area (Å²) >= 11 is 2.25. The molecule has 0 atom stereocenters. The summed E-state index contributed by atoms with van der Waals surface area (Å²) in [4.78, 5) is 14.7. The lowest BCUT2D eigenvalue weighted by Gasteiger charge is -2.17. The standard InChI is InChI=1S/C26H26IN3O2/c1-19-4-6-20(7-5-19)18-32-25-13-8-21(16-24(25)27)17-28-29-26(31)22-9-11-23(12-10-22)30-14-2-3-15-30/h4-13,16-17H,2-3,14-15,18H2,1H3,(H,29,31)/b28-17-. The second-order valence-electron chi connectivity index (χ2n) is 7.90. The minimum Gasteiger partial charge on any atom is -0.488 e. The van der Waals surface area contributed by atoms with Gasteiger partial charge in [0, 0.05) is 24.3 Å². The molecule has 1 N–H and O–H groups in total. The largest absolute Gasteiger partial charge is 0.488 e. The zero-order valence-corrected chi connectivity index (χ0v) is 20.2. The molecule has 1 aliphatic heterocycles. The van der Waals surface area contributed by atoms with Crippen LogP contribution in [0, 0.1) is 10.5 Å². The number of carbonyl (C=O) groups is 1. The number of halogens is 1. The predicted molar refractivity (Wildman–Crippen MR) is 138 cm³/mol. The van der Waals surface area contributed by atoms with Gasteiger partial charge in [0.15, 0.2) is 0 Å². The van der Waals surface area contributed by atoms with Crippen LogP contribution in [-0.4, -0.2) is 25.2 Å². The third kappa shape index (κ3) is 5.88. The van der Waals surface area contributed by atoms with Crippen molar-refractivity contribution in [1.82, 2.24) is 5.43 Å². The van der Waals surface area contributed by atoms with Gasteiger partial charge in [0.2, 0.25) is 0 Å². The van der Waals surface area contributed by atoms with Crippen LogP contribution in [0.2, 0.25) is 0 Å². The second kappa shape index (κ2) is 10.6. The Morgan fingerprint density at radius 3 is 2.47 bits per heavy atom. The van der Waals surface area contributed by atoms with Gasteiger partial charge in [-0.25, -0.2) is 5.43 Å². The van der Waals surface area contributed by atoms with E-state index in [0.717, 1.165) is 33.5 Å². The molecular formula is C26H26IN3O2. The first-order valence-corrected chi connectivity index (χ1v) is 11.8. The fourth-order valence-corrected chi connectivity index (χ4v) is 4.28. The lowest BCUT2D eigenvalue weighted by Crippen LogP contribution is -2.19. The van der Waals surface area contributed by atoms with Crippen LogP contribution in [0.3, 0.4) is 0 Å². The van der Waals surface area contributed by atoms with Crippen molar-refractivity contribution in [3.8, 4) is 5.75 Å². The molecule has 0 saturated carbocycles. The fraction of sp³-hybridized carbons (Fsp3) is 0.231. The third-order valence-corrected chi connectivity index (χ3v) is 6.29. The first-order chi connectivity index (χ1) is 15.6. The molecule has 1 heterocycles. The molecule has 6 heteroatoms. The van der Waals surface area contributed by atoms with E-state index in [2.05, 4.69) is 69.2 Å². The third-order valence-electron chi connectivity index (χ3n) is 5.45. The maximum absolute atomic E-state index is 12.4. The topological polar surface area (TPSA) is 53.9 Å². The lowest BCUT2D eigenvalue weighted by atomic mass is 10.2. The zero-order valence-electron chi connectivity index (χ0n) is 18.1. The number of amides is 1. The summed E-state index contributed by atoms with van der Waals surface area (Å²) < 4.78 is 6.93. The highest BCUT2D eigenvalue weighted by molar-refractivity contribution is 14.1. The average Bonchev–Trinajstić information content (AvgIpc) is 3.35. The Hall–Kier alpha value is -2.87. The number of nitrogens with zero attached hydrogens (tertiary/aromatic N) is 2. The molecule has 32 heavy (non-hydrogen) atoms. The van der Waals surface area contributed by atoms with E-state index in [0.29, 0.717) is 12.2 Å². The number of anilines is 1. The average molecular weight is 539 g/mol. The predicted octanol–water partition coefficient (Wildman–Crippen LogP) is 5.54. The van der Waals surface area contributed by atoms with Crippen molar-refractivity contribution in [3.05, 3.63) is 92.6 Å². The van der Waals surface area contributed by atoms with E-state index < -0.39 is 0 Å². The van der Waals surface area contributed by atoms with Gasteiger partial charge in [0.05, 0.1) is 9.78 Å². The van der Waals surface area contributed by atoms with Crippen molar-refractivity contribution in [2.75, 3.05) is 18.0 Å². The summed E-state index contributed by atoms with van der Waals surface area (Å²) in [7, 11) is 0. The Bertz CT molecular complexity index is 1090. The molecule has 3 aromatic rings. The van der Waals surface area contributed by atoms with Crippen LogP contribution in [-0.2, 0) is 6.61 Å². The molecule has 0 radical (unpaired) electrons. The van der Waals surface area contributed by atoms with Crippen LogP contribution >= 0.6 is 22.6 Å². The van der Waals surface area contributed by atoms with Gasteiger partial charge in [-0.3, -0.25) is 4.79 Å². The van der Waals surface area contributed by atoms with Crippen molar-refractivity contribution in [3.63, 3.8) is 0 Å². The van der Waals surface area contributed by atoms with Gasteiger partial charge in [0.25, 0.3) is 5.91 Å². The number of benzene rings is 3. The van der Waals surface area contributed by atoms with E-state index >= 15 is 0 Å². The lowest BCUT2D eigenvalue weighted by molar-refractivity contribution is 0.0955. The van der Waals surface area contributed by atoms with Crippen molar-refractivity contribution >= 4 is 40.4 Å². The number of aryl methyl sites for hydroxylation is 1. The Labute approximate surface area is 202 Å². The second-order valence-corrected chi connectivity index (χ2v) is 9.07. The number of nitrogens with one attached hydrogen (secondary N) is 1. The first-order valence-electron chi connectivity index (χ1n) is 10.7. The van der Waals surface area contributed by atoms with Gasteiger partial charge in [0.1, 0.15) is 12.4 Å². The van der Waals surface area contributed by atoms with Crippen molar-refractivity contribution < 1.29 is 9.53 Å². The molecule has 1 saturated heterocycles. The van der Waals surface area contributed by atoms with E-state index in [9.17, 15) is 4.79 Å². The number of hydrazone groups is 1. The van der Waals surface area contributed by atoms with Crippen LogP contribution in [0.25, 0.3) is 0 Å². The summed E-state index contributed by atoms with van der Waals surface area (Å²) in [6, 6.07) is 21.8. The minimum atomic E-state index is -0.220. The molecular weight excluding hydrogens is 513 g/mol. The smallest absolute Gasteiger partial charge is 0.271 e. The molecule has 3 aromatic carbocycles. The Balaban J connectivity index is 1.30. The highest BCUT2D eigenvalue weighted by atomic mass is 127. The van der Waals surface area contributed by atoms with Gasteiger partial charge in [-0.05, 0) is 95.9 Å². The molecule has 164 valence electrons. The monoisotopic (exact) mass is 539 g/mol. The van der Waals surface area contributed by atoms with Crippen LogP contribution in [0.5, 0.6) is 5.75 Å². The van der Waals surface area contributed by atoms with E-state index in [1.165, 1.54) is 24.1 Å². The van der Waals surface area contributed by atoms with Gasteiger partial charge in [-0.15, -0.1) is 0 Å². The van der Waals surface area contributed by atoms with Gasteiger partial charge >= 0.3 is 0 Å². The number of ether oxygens (including phenoxy) is 1. The molecule has 1 amide bonds. The minimum absolute atomic E-state index is 0.220. The van der Waals surface area contributed by atoms with E-state index in [-0.39, 0.29) is 5.91 Å². The Morgan fingerprint density at radius 1 is 1.06 bits per heavy atom. The van der Waals surface area contributed by atoms with Crippen LogP contribution in [0.1, 0.15) is 39.9 Å². The molecule has 0 unspecified atom stereocenters. The van der Waals surface area contributed by atoms with Crippen molar-refractivity contribution in [2.45, 2.75) is 26.4 Å². The van der Waals surface area contributed by atoms with E-state index in [4.69, 9.17) is 4.74 Å². The fourth-order valence-electron chi connectivity index (χ4n) is 3.59. The summed E-state index contributed by atoms with van der Waals surface area (Å²) in [5, 5.41) is 4.11. The maximum atomic E-state index is 12.4. The van der Waals surface area contributed by atoms with E-state index in [1.807, 2.05) is 42.5 Å². The summed E-state index contributed by atoms with van der Waals surface area (Å²) in [5.74, 6) is 0.604. The normalized spacial score (nSPS) is 13.5. The number of hydrogen-bond acceptors (Lipinski definition) is 4. The zero-order chi connectivity index (χ0) is 22.3. The van der Waals surface area contributed by atoms with Crippen molar-refractivity contribution in [2.24, 2.45) is 5.10 Å². The Kier molecular flexibility index (Phi) is 7.42. The van der Waals surface area contributed by atoms with Gasteiger partial charge in [-0.1, -0.05) is 29.8 Å². The quantitative estimate of drug-likeness (QED) is 0.244. The Morgan fingerprint density at radius 2 is 1.78 bits per heavy atom. The summed E-state index contributed by atoms with van der Waals surface area (Å²) in [5.41, 5.74) is 7.63. The van der Waals surface area contributed by atoms with Gasteiger partial charge in [-0.2, -0.15) is 5.10 Å². The van der Waals surface area contributed by atoms with E-state index in [1.54, 1.807) is 6.21 Å². The number of rotatable bonds is 7. The van der Waals surface area contributed by atoms with Gasteiger partial charge < -0.3 is 9.64 Å². The van der Waals surface area contributed by atoms with Crippen molar-refractivity contribution in [1.29, 1.82) is 0 Å². The maximum Gasteiger partial charge on any atom is 0.271 e.